The van der Waals surface area contributed by atoms with Gasteiger partial charge in [0.05, 0.1) is 27.9 Å². The average molecular weight is 452 g/mol. The zero-order valence-corrected chi connectivity index (χ0v) is 19.4. The normalized spacial score (nSPS) is 20.1. The zero-order chi connectivity index (χ0) is 23.5. The average Bonchev–Trinajstić information content (AvgIpc) is 2.83. The number of carbonyl (C=O) groups is 2. The quantitative estimate of drug-likeness (QED) is 0.682. The predicted octanol–water partition coefficient (Wildman–Crippen LogP) is 4.12. The number of methoxy groups -OCH3 is 3. The van der Waals surface area contributed by atoms with Crippen LogP contribution < -0.4 is 24.3 Å². The second-order valence-corrected chi connectivity index (χ2v) is 8.18. The first-order valence-electron chi connectivity index (χ1n) is 11.1. The minimum atomic E-state index is -0.308. The fraction of sp³-hybridized carbons (Fsp3) is 0.385. The van der Waals surface area contributed by atoms with Gasteiger partial charge in [-0.2, -0.15) is 0 Å². The van der Waals surface area contributed by atoms with Crippen molar-refractivity contribution in [3.8, 4) is 23.0 Å². The van der Waals surface area contributed by atoms with Gasteiger partial charge in [-0.1, -0.05) is 12.1 Å². The molecule has 1 amide bonds. The summed E-state index contributed by atoms with van der Waals surface area (Å²) in [6.07, 6.45) is 1.17. The topological polar surface area (TPSA) is 83.1 Å². The Bertz CT molecular complexity index is 1110. The van der Waals surface area contributed by atoms with Crippen LogP contribution in [0.15, 0.2) is 47.7 Å². The first-order chi connectivity index (χ1) is 16.0. The molecule has 1 aliphatic heterocycles. The van der Waals surface area contributed by atoms with Crippen LogP contribution in [0.4, 0.5) is 0 Å². The number of benzene rings is 2. The highest BCUT2D eigenvalue weighted by atomic mass is 16.5. The fourth-order valence-corrected chi connectivity index (χ4v) is 4.76. The molecule has 174 valence electrons. The van der Waals surface area contributed by atoms with E-state index in [2.05, 4.69) is 5.32 Å². The molecule has 0 bridgehead atoms. The fourth-order valence-electron chi connectivity index (χ4n) is 4.76. The van der Waals surface area contributed by atoms with Crippen LogP contribution in [-0.4, -0.2) is 39.6 Å². The van der Waals surface area contributed by atoms with Gasteiger partial charge >= 0.3 is 0 Å². The second kappa shape index (κ2) is 9.57. The summed E-state index contributed by atoms with van der Waals surface area (Å²) in [6, 6.07) is 11.3. The SMILES string of the molecule is CCOc1ccc(C2CC(=O)C3=C(C2)NC(=O)CC3c2ccc(OC)c(OC)c2)cc1OC. The van der Waals surface area contributed by atoms with Crippen molar-refractivity contribution in [3.05, 3.63) is 58.8 Å². The third-order valence-corrected chi connectivity index (χ3v) is 6.31. The number of ketones is 1. The summed E-state index contributed by atoms with van der Waals surface area (Å²) in [5.41, 5.74) is 3.25. The van der Waals surface area contributed by atoms with E-state index in [0.29, 0.717) is 53.7 Å². The van der Waals surface area contributed by atoms with Gasteiger partial charge in [-0.25, -0.2) is 0 Å². The number of carbonyl (C=O) groups excluding carboxylic acids is 2. The molecule has 7 nitrogen and oxygen atoms in total. The summed E-state index contributed by atoms with van der Waals surface area (Å²) in [4.78, 5) is 26.0. The van der Waals surface area contributed by atoms with Gasteiger partial charge in [0.15, 0.2) is 28.8 Å². The first-order valence-corrected chi connectivity index (χ1v) is 11.1. The van der Waals surface area contributed by atoms with Crippen molar-refractivity contribution in [1.29, 1.82) is 0 Å². The van der Waals surface area contributed by atoms with Gasteiger partial charge in [0.2, 0.25) is 5.91 Å². The van der Waals surface area contributed by atoms with Crippen molar-refractivity contribution >= 4 is 11.7 Å². The van der Waals surface area contributed by atoms with E-state index in [4.69, 9.17) is 18.9 Å². The van der Waals surface area contributed by atoms with E-state index >= 15 is 0 Å². The molecule has 2 aromatic carbocycles. The maximum Gasteiger partial charge on any atom is 0.225 e. The lowest BCUT2D eigenvalue weighted by molar-refractivity contribution is -0.122. The molecule has 0 saturated carbocycles. The Morgan fingerprint density at radius 1 is 0.818 bits per heavy atom. The summed E-state index contributed by atoms with van der Waals surface area (Å²) in [6.45, 7) is 2.46. The largest absolute Gasteiger partial charge is 0.493 e. The van der Waals surface area contributed by atoms with E-state index in [1.54, 1.807) is 21.3 Å². The van der Waals surface area contributed by atoms with Crippen molar-refractivity contribution in [2.45, 2.75) is 38.0 Å². The highest BCUT2D eigenvalue weighted by Crippen LogP contribution is 2.45. The lowest BCUT2D eigenvalue weighted by atomic mass is 9.73. The van der Waals surface area contributed by atoms with Crippen LogP contribution in [0.25, 0.3) is 0 Å². The van der Waals surface area contributed by atoms with Crippen LogP contribution in [0, 0.1) is 0 Å². The molecule has 4 rings (SSSR count). The lowest BCUT2D eigenvalue weighted by Crippen LogP contribution is -2.38. The standard InChI is InChI=1S/C26H29NO6/c1-5-33-22-9-6-15(12-24(22)32-4)17-10-19-26(20(28)11-17)18(14-25(29)27-19)16-7-8-21(30-2)23(13-16)31-3/h6-9,12-13,17-18H,5,10-11,14H2,1-4H3,(H,27,29). The molecule has 2 aromatic rings. The van der Waals surface area contributed by atoms with Crippen molar-refractivity contribution in [2.24, 2.45) is 0 Å². The monoisotopic (exact) mass is 451 g/mol. The van der Waals surface area contributed by atoms with Gasteiger partial charge in [0, 0.05) is 30.0 Å². The molecular weight excluding hydrogens is 422 g/mol. The Hall–Kier alpha value is -3.48. The highest BCUT2D eigenvalue weighted by molar-refractivity contribution is 6.02. The van der Waals surface area contributed by atoms with E-state index in [0.717, 1.165) is 11.1 Å². The smallest absolute Gasteiger partial charge is 0.225 e. The minimum Gasteiger partial charge on any atom is -0.493 e. The van der Waals surface area contributed by atoms with Crippen molar-refractivity contribution < 1.29 is 28.5 Å². The molecular formula is C26H29NO6. The zero-order valence-electron chi connectivity index (χ0n) is 19.4. The number of ether oxygens (including phenoxy) is 4. The summed E-state index contributed by atoms with van der Waals surface area (Å²) in [5, 5.41) is 2.97. The Morgan fingerprint density at radius 2 is 1.45 bits per heavy atom. The number of amides is 1. The van der Waals surface area contributed by atoms with E-state index in [-0.39, 0.29) is 29.9 Å². The summed E-state index contributed by atoms with van der Waals surface area (Å²) in [5.74, 6) is 2.09. The van der Waals surface area contributed by atoms with Crippen LogP contribution >= 0.6 is 0 Å². The molecule has 2 unspecified atom stereocenters. The first kappa shape index (κ1) is 22.7. The van der Waals surface area contributed by atoms with E-state index in [1.165, 1.54) is 0 Å². The number of rotatable bonds is 7. The maximum atomic E-state index is 13.4. The Kier molecular flexibility index (Phi) is 6.58. The Morgan fingerprint density at radius 3 is 2.15 bits per heavy atom. The van der Waals surface area contributed by atoms with E-state index < -0.39 is 0 Å². The number of nitrogens with one attached hydrogen (secondary N) is 1. The molecule has 2 atom stereocenters. The van der Waals surface area contributed by atoms with Gasteiger partial charge in [0.1, 0.15) is 0 Å². The van der Waals surface area contributed by atoms with E-state index in [9.17, 15) is 9.59 Å². The molecule has 1 N–H and O–H groups in total. The van der Waals surface area contributed by atoms with Gasteiger partial charge in [0.25, 0.3) is 0 Å². The molecule has 0 saturated heterocycles. The number of hydrogen-bond donors (Lipinski definition) is 1. The van der Waals surface area contributed by atoms with Crippen LogP contribution in [-0.2, 0) is 9.59 Å². The predicted molar refractivity (Wildman–Crippen MR) is 123 cm³/mol. The molecule has 33 heavy (non-hydrogen) atoms. The van der Waals surface area contributed by atoms with Gasteiger partial charge in [-0.05, 0) is 54.7 Å². The van der Waals surface area contributed by atoms with Crippen LogP contribution in [0.3, 0.4) is 0 Å². The highest BCUT2D eigenvalue weighted by Gasteiger charge is 2.38. The summed E-state index contributed by atoms with van der Waals surface area (Å²) in [7, 11) is 4.75. The summed E-state index contributed by atoms with van der Waals surface area (Å²) >= 11 is 0. The van der Waals surface area contributed by atoms with Crippen molar-refractivity contribution in [1.82, 2.24) is 5.32 Å². The van der Waals surface area contributed by atoms with Crippen LogP contribution in [0.5, 0.6) is 23.0 Å². The number of hydrogen-bond acceptors (Lipinski definition) is 6. The lowest BCUT2D eigenvalue weighted by Gasteiger charge is -2.34. The van der Waals surface area contributed by atoms with Gasteiger partial charge in [-0.3, -0.25) is 9.59 Å². The second-order valence-electron chi connectivity index (χ2n) is 8.18. The molecule has 0 aromatic heterocycles. The third kappa shape index (κ3) is 4.40. The van der Waals surface area contributed by atoms with E-state index in [1.807, 2.05) is 43.3 Å². The van der Waals surface area contributed by atoms with Gasteiger partial charge in [-0.15, -0.1) is 0 Å². The molecule has 0 spiro atoms. The van der Waals surface area contributed by atoms with Crippen molar-refractivity contribution in [2.75, 3.05) is 27.9 Å². The molecule has 2 aliphatic rings. The summed E-state index contributed by atoms with van der Waals surface area (Å²) < 4.78 is 21.9. The van der Waals surface area contributed by atoms with Crippen LogP contribution in [0.2, 0.25) is 0 Å². The molecule has 1 heterocycles. The number of allylic oxidation sites excluding steroid dienone is 2. The number of Topliss-reactive ketones (excluding diaryl/α,β-unsaturated/α-hetero) is 1. The minimum absolute atomic E-state index is 0.0499. The molecule has 7 heteroatoms. The van der Waals surface area contributed by atoms with Crippen LogP contribution in [0.1, 0.15) is 49.1 Å². The van der Waals surface area contributed by atoms with Crippen molar-refractivity contribution in [3.63, 3.8) is 0 Å². The Balaban J connectivity index is 1.68. The third-order valence-electron chi connectivity index (χ3n) is 6.31. The molecule has 0 radical (unpaired) electrons. The van der Waals surface area contributed by atoms with Gasteiger partial charge < -0.3 is 24.3 Å². The molecule has 0 fully saturated rings. The molecule has 1 aliphatic carbocycles. The Labute approximate surface area is 193 Å². The maximum absolute atomic E-state index is 13.4.